The number of aliphatic carboxylic acids is 1. The van der Waals surface area contributed by atoms with Crippen LogP contribution in [0.15, 0.2) is 0 Å². The van der Waals surface area contributed by atoms with Crippen molar-refractivity contribution in [2.75, 3.05) is 0 Å². The molecule has 0 unspecified atom stereocenters. The molecule has 0 aromatic carbocycles. The number of carbonyl (C=O) groups is 2. The quantitative estimate of drug-likeness (QED) is 0.428. The van der Waals surface area contributed by atoms with Gasteiger partial charge in [0.2, 0.25) is 5.91 Å². The summed E-state index contributed by atoms with van der Waals surface area (Å²) in [4.78, 5) is 20.1. The number of carboxylic acids is 1. The van der Waals surface area contributed by atoms with Gasteiger partial charge in [-0.3, -0.25) is 18.6 Å². The van der Waals surface area contributed by atoms with Crippen molar-refractivity contribution in [3.8, 4) is 0 Å². The van der Waals surface area contributed by atoms with Crippen LogP contribution < -0.4 is 11.5 Å². The van der Waals surface area contributed by atoms with Gasteiger partial charge in [0.1, 0.15) is 6.04 Å². The zero-order valence-corrected chi connectivity index (χ0v) is 7.82. The maximum absolute atomic E-state index is 10.1. The maximum atomic E-state index is 10.1. The Morgan fingerprint density at radius 3 is 2.15 bits per heavy atom. The molecule has 8 heteroatoms. The van der Waals surface area contributed by atoms with Gasteiger partial charge in [0.25, 0.3) is 0 Å². The molecule has 7 nitrogen and oxygen atoms in total. The molecule has 1 atom stereocenters. The molecule has 0 radical (unpaired) electrons. The molecule has 78 valence electrons. The van der Waals surface area contributed by atoms with Crippen LogP contribution in [0.25, 0.3) is 0 Å². The van der Waals surface area contributed by atoms with Crippen LogP contribution in [0.2, 0.25) is 0 Å². The lowest BCUT2D eigenvalue weighted by Crippen LogP contribution is -2.31. The predicted molar refractivity (Wildman–Crippen MR) is 47.7 cm³/mol. The van der Waals surface area contributed by atoms with Gasteiger partial charge in [-0.25, -0.2) is 0 Å². The highest BCUT2D eigenvalue weighted by atomic mass is 32.1. The fraction of sp³-hybridized carbons (Fsp3) is 0.600. The molecular formula is C5H13N3O4S. The zero-order valence-electron chi connectivity index (χ0n) is 6.82. The molecular weight excluding hydrogens is 198 g/mol. The SMILES string of the molecule is N=[SH2]=O.NC(=O)CC[C@H](N)C(=O)O. The Balaban J connectivity index is 0. The molecule has 0 aliphatic rings. The Kier molecular flexibility index (Phi) is 9.89. The Morgan fingerprint density at radius 1 is 1.54 bits per heavy atom. The van der Waals surface area contributed by atoms with Gasteiger partial charge in [-0.2, -0.15) is 0 Å². The monoisotopic (exact) mass is 211 g/mol. The van der Waals surface area contributed by atoms with Crippen molar-refractivity contribution in [3.63, 3.8) is 0 Å². The van der Waals surface area contributed by atoms with Gasteiger partial charge in [-0.05, 0) is 6.42 Å². The van der Waals surface area contributed by atoms with Gasteiger partial charge in [0, 0.05) is 17.9 Å². The summed E-state index contributed by atoms with van der Waals surface area (Å²) >= 11 is -0.917. The summed E-state index contributed by atoms with van der Waals surface area (Å²) in [5.74, 6) is -1.64. The molecule has 0 rings (SSSR count). The van der Waals surface area contributed by atoms with Crippen LogP contribution in [-0.2, 0) is 21.1 Å². The van der Waals surface area contributed by atoms with Crippen LogP contribution in [0.1, 0.15) is 12.8 Å². The first kappa shape index (κ1) is 14.4. The van der Waals surface area contributed by atoms with E-state index in [0.717, 1.165) is 0 Å². The third kappa shape index (κ3) is 13.8. The van der Waals surface area contributed by atoms with Crippen molar-refractivity contribution in [1.82, 2.24) is 0 Å². The molecule has 0 spiro atoms. The number of amides is 1. The standard InChI is InChI=1S/C5H10N2O3.H3NOS/c6-3(5(9)10)1-2-4(7)8;1-3-2/h3H,1-2,6H2,(H2,7,8)(H,9,10);1H,3H2/t3-;/m0./s1. The van der Waals surface area contributed by atoms with Crippen LogP contribution in [0.4, 0.5) is 0 Å². The van der Waals surface area contributed by atoms with Crippen LogP contribution >= 0.6 is 0 Å². The molecule has 13 heavy (non-hydrogen) atoms. The molecule has 0 aromatic heterocycles. The van der Waals surface area contributed by atoms with Crippen LogP contribution in [-0.4, -0.2) is 27.2 Å². The fourth-order valence-electron chi connectivity index (χ4n) is 0.421. The lowest BCUT2D eigenvalue weighted by atomic mass is 10.2. The number of carboxylic acid groups (broad SMARTS) is 1. The van der Waals surface area contributed by atoms with Gasteiger partial charge >= 0.3 is 5.97 Å². The van der Waals surface area contributed by atoms with E-state index in [-0.39, 0.29) is 12.8 Å². The highest BCUT2D eigenvalue weighted by Gasteiger charge is 2.11. The summed E-state index contributed by atoms with van der Waals surface area (Å²) in [5.41, 5.74) is 9.81. The Labute approximate surface area is 78.1 Å². The van der Waals surface area contributed by atoms with Gasteiger partial charge in [-0.1, -0.05) is 0 Å². The first-order valence-electron chi connectivity index (χ1n) is 3.26. The Morgan fingerprint density at radius 2 is 1.92 bits per heavy atom. The molecule has 0 fully saturated rings. The van der Waals surface area contributed by atoms with Gasteiger partial charge < -0.3 is 16.6 Å². The first-order chi connectivity index (χ1) is 5.95. The van der Waals surface area contributed by atoms with Crippen molar-refractivity contribution in [1.29, 1.82) is 4.78 Å². The number of hydrogen-bond donors (Lipinski definition) is 4. The average molecular weight is 211 g/mol. The van der Waals surface area contributed by atoms with Crippen molar-refractivity contribution in [2.45, 2.75) is 18.9 Å². The van der Waals surface area contributed by atoms with Gasteiger partial charge in [0.05, 0.1) is 0 Å². The van der Waals surface area contributed by atoms with E-state index in [1.807, 2.05) is 0 Å². The van der Waals surface area contributed by atoms with E-state index < -0.39 is 29.4 Å². The van der Waals surface area contributed by atoms with Crippen molar-refractivity contribution in [2.24, 2.45) is 11.5 Å². The van der Waals surface area contributed by atoms with Crippen LogP contribution in [0.3, 0.4) is 0 Å². The summed E-state index contributed by atoms with van der Waals surface area (Å²) in [7, 11) is 0. The molecule has 0 saturated heterocycles. The van der Waals surface area contributed by atoms with E-state index >= 15 is 0 Å². The van der Waals surface area contributed by atoms with Crippen molar-refractivity contribution < 1.29 is 18.9 Å². The van der Waals surface area contributed by atoms with E-state index in [4.69, 9.17) is 25.6 Å². The predicted octanol–water partition coefficient (Wildman–Crippen LogP) is -1.91. The summed E-state index contributed by atoms with van der Waals surface area (Å²) in [6, 6.07) is -0.979. The highest BCUT2D eigenvalue weighted by molar-refractivity contribution is 7.53. The number of nitrogens with one attached hydrogen (secondary N) is 1. The zero-order chi connectivity index (χ0) is 10.9. The molecule has 1 amide bonds. The third-order valence-electron chi connectivity index (χ3n) is 1.02. The number of nitrogens with two attached hydrogens (primary N) is 2. The summed E-state index contributed by atoms with van der Waals surface area (Å²) in [6.45, 7) is 0. The number of hydrogen-bond acceptors (Lipinski definition) is 5. The Bertz CT molecular complexity index is 214. The minimum atomic E-state index is -1.11. The number of carbonyl (C=O) groups excluding carboxylic acids is 1. The van der Waals surface area contributed by atoms with Gasteiger partial charge in [-0.15, -0.1) is 0 Å². The van der Waals surface area contributed by atoms with E-state index in [0.29, 0.717) is 0 Å². The van der Waals surface area contributed by atoms with E-state index in [1.54, 1.807) is 0 Å². The van der Waals surface area contributed by atoms with Crippen LogP contribution in [0.5, 0.6) is 0 Å². The number of primary amides is 1. The third-order valence-corrected chi connectivity index (χ3v) is 1.02. The highest BCUT2D eigenvalue weighted by Crippen LogP contribution is 1.92. The summed E-state index contributed by atoms with van der Waals surface area (Å²) in [5, 5.41) is 8.22. The molecule has 0 aliphatic heterocycles. The lowest BCUT2D eigenvalue weighted by molar-refractivity contribution is -0.138. The Hall–Kier alpha value is -1.15. The van der Waals surface area contributed by atoms with E-state index in [9.17, 15) is 9.59 Å². The minimum absolute atomic E-state index is 0.0213. The van der Waals surface area contributed by atoms with Crippen molar-refractivity contribution in [3.05, 3.63) is 0 Å². The van der Waals surface area contributed by atoms with Gasteiger partial charge in [0.15, 0.2) is 0 Å². The molecule has 0 bridgehead atoms. The second kappa shape index (κ2) is 8.94. The maximum Gasteiger partial charge on any atom is 0.320 e. The fourth-order valence-corrected chi connectivity index (χ4v) is 0.421. The van der Waals surface area contributed by atoms with E-state index in [2.05, 4.69) is 0 Å². The topological polar surface area (TPSA) is 147 Å². The summed E-state index contributed by atoms with van der Waals surface area (Å²) in [6.07, 6.45) is 0.123. The average Bonchev–Trinajstić information content (AvgIpc) is 2.01. The largest absolute Gasteiger partial charge is 0.480 e. The molecule has 6 N–H and O–H groups in total. The number of rotatable bonds is 4. The lowest BCUT2D eigenvalue weighted by Gasteiger charge is -2.01. The molecule has 0 saturated carbocycles. The molecule has 0 heterocycles. The minimum Gasteiger partial charge on any atom is -0.480 e. The first-order valence-corrected chi connectivity index (χ1v) is 4.17. The molecule has 0 aromatic rings. The summed E-state index contributed by atoms with van der Waals surface area (Å²) < 4.78 is 14.3. The van der Waals surface area contributed by atoms with E-state index in [1.165, 1.54) is 0 Å². The smallest absolute Gasteiger partial charge is 0.320 e. The van der Waals surface area contributed by atoms with Crippen LogP contribution in [0, 0.1) is 4.78 Å². The second-order valence-corrected chi connectivity index (χ2v) is 2.26. The second-order valence-electron chi connectivity index (χ2n) is 2.05. The normalized spacial score (nSPS) is 11.8. The van der Waals surface area contributed by atoms with Crippen molar-refractivity contribution >= 4 is 23.3 Å². The molecule has 0 aliphatic carbocycles.